The molecule has 0 atom stereocenters. The topological polar surface area (TPSA) is 41.6 Å². The van der Waals surface area contributed by atoms with E-state index in [0.29, 0.717) is 0 Å². The van der Waals surface area contributed by atoms with Crippen LogP contribution in [0.3, 0.4) is 0 Å². The summed E-state index contributed by atoms with van der Waals surface area (Å²) in [5.41, 5.74) is 5.29. The Morgan fingerprint density at radius 3 is 2.26 bits per heavy atom. The minimum Gasteiger partial charge on any atom is -0.266 e. The summed E-state index contributed by atoms with van der Waals surface area (Å²) in [6.07, 6.45) is 3.24. The molecule has 0 aliphatic rings. The van der Waals surface area contributed by atoms with Crippen LogP contribution in [-0.2, 0) is 0 Å². The van der Waals surface area contributed by atoms with E-state index in [1.807, 2.05) is 6.07 Å². The molecule has 0 radical (unpaired) electrons. The number of nitrogens with one attached hydrogen (secondary N) is 1. The molecule has 0 bridgehead atoms. The minimum atomic E-state index is 1.30. The summed E-state index contributed by atoms with van der Waals surface area (Å²) in [6.45, 7) is 4.29. The maximum Gasteiger partial charge on any atom is 0.0690 e. The Morgan fingerprint density at radius 2 is 1.74 bits per heavy atom. The van der Waals surface area contributed by atoms with E-state index >= 15 is 0 Å². The van der Waals surface area contributed by atoms with Gasteiger partial charge < -0.3 is 0 Å². The molecule has 0 aliphatic heterocycles. The first-order chi connectivity index (χ1) is 9.27. The number of nitrogens with zero attached hydrogens (tertiary/aromatic N) is 2. The molecule has 1 heterocycles. The van der Waals surface area contributed by atoms with Gasteiger partial charge in [-0.3, -0.25) is 5.10 Å². The Hall–Kier alpha value is -2.42. The minimum absolute atomic E-state index is 1.30. The second-order valence-electron chi connectivity index (χ2n) is 4.34. The fourth-order valence-corrected chi connectivity index (χ4v) is 1.92. The van der Waals surface area contributed by atoms with Crippen molar-refractivity contribution in [2.45, 2.75) is 13.8 Å². The average molecular weight is 251 g/mol. The second kappa shape index (κ2) is 6.50. The van der Waals surface area contributed by atoms with Crippen LogP contribution in [0, 0.1) is 13.8 Å². The van der Waals surface area contributed by atoms with Crippen LogP contribution < -0.4 is 0 Å². The van der Waals surface area contributed by atoms with Crippen molar-refractivity contribution < 1.29 is 0 Å². The third kappa shape index (κ3) is 3.78. The van der Waals surface area contributed by atoms with E-state index < -0.39 is 0 Å². The highest BCUT2D eigenvalue weighted by Gasteiger charge is 1.99. The van der Waals surface area contributed by atoms with Gasteiger partial charge in [-0.15, -0.1) is 5.10 Å². The summed E-state index contributed by atoms with van der Waals surface area (Å²) in [5.74, 6) is 0. The number of hydrogen-bond acceptors (Lipinski definition) is 2. The molecule has 0 saturated heterocycles. The van der Waals surface area contributed by atoms with Gasteiger partial charge in [-0.2, -0.15) is 0 Å². The lowest BCUT2D eigenvalue weighted by atomic mass is 9.99. The largest absolute Gasteiger partial charge is 0.266 e. The number of aromatic amines is 1. The van der Waals surface area contributed by atoms with Crippen molar-refractivity contribution in [1.82, 2.24) is 15.4 Å². The van der Waals surface area contributed by atoms with E-state index in [-0.39, 0.29) is 0 Å². The van der Waals surface area contributed by atoms with Gasteiger partial charge >= 0.3 is 0 Å². The highest BCUT2D eigenvalue weighted by Crippen LogP contribution is 2.23. The lowest BCUT2D eigenvalue weighted by Crippen LogP contribution is -1.83. The standard InChI is InChI=1S/C14H14.C2H3N3/c1-11-8-9-14(12(2)10-11)13-6-4-3-5-7-13;1-2-4-5-3-1/h3-10H,1-2H3;1-2H,(H,3,4,5). The molecule has 19 heavy (non-hydrogen) atoms. The summed E-state index contributed by atoms with van der Waals surface area (Å²) >= 11 is 0. The monoisotopic (exact) mass is 251 g/mol. The van der Waals surface area contributed by atoms with Crippen LogP contribution in [-0.4, -0.2) is 15.4 Å². The molecule has 96 valence electrons. The molecule has 3 aromatic rings. The van der Waals surface area contributed by atoms with Crippen molar-refractivity contribution in [3.05, 3.63) is 72.1 Å². The molecule has 1 aromatic heterocycles. The highest BCUT2D eigenvalue weighted by atomic mass is 15.3. The van der Waals surface area contributed by atoms with E-state index in [4.69, 9.17) is 0 Å². The van der Waals surface area contributed by atoms with Crippen molar-refractivity contribution in [2.75, 3.05) is 0 Å². The van der Waals surface area contributed by atoms with E-state index in [2.05, 4.69) is 71.7 Å². The van der Waals surface area contributed by atoms with Gasteiger partial charge in [0.1, 0.15) is 0 Å². The van der Waals surface area contributed by atoms with Crippen molar-refractivity contribution in [3.63, 3.8) is 0 Å². The Kier molecular flexibility index (Phi) is 4.45. The third-order valence-corrected chi connectivity index (χ3v) is 2.80. The van der Waals surface area contributed by atoms with Crippen LogP contribution in [0.4, 0.5) is 0 Å². The molecule has 1 N–H and O–H groups in total. The Balaban J connectivity index is 0.000000224. The van der Waals surface area contributed by atoms with Crippen LogP contribution in [0.2, 0.25) is 0 Å². The first-order valence-electron chi connectivity index (χ1n) is 6.20. The zero-order valence-electron chi connectivity index (χ0n) is 11.2. The van der Waals surface area contributed by atoms with E-state index in [0.717, 1.165) is 0 Å². The zero-order chi connectivity index (χ0) is 13.5. The molecule has 2 aromatic carbocycles. The zero-order valence-corrected chi connectivity index (χ0v) is 11.2. The van der Waals surface area contributed by atoms with Gasteiger partial charge in [-0.05, 0) is 30.5 Å². The second-order valence-corrected chi connectivity index (χ2v) is 4.34. The Morgan fingerprint density at radius 1 is 0.947 bits per heavy atom. The van der Waals surface area contributed by atoms with Crippen LogP contribution in [0.25, 0.3) is 11.1 Å². The number of aryl methyl sites for hydroxylation is 2. The molecule has 0 fully saturated rings. The molecule has 0 aliphatic carbocycles. The lowest BCUT2D eigenvalue weighted by Gasteiger charge is -2.06. The van der Waals surface area contributed by atoms with E-state index in [1.54, 1.807) is 12.4 Å². The Labute approximate surface area is 113 Å². The van der Waals surface area contributed by atoms with E-state index in [9.17, 15) is 0 Å². The summed E-state index contributed by atoms with van der Waals surface area (Å²) in [5, 5.41) is 9.26. The van der Waals surface area contributed by atoms with Gasteiger partial charge in [0, 0.05) is 6.20 Å². The summed E-state index contributed by atoms with van der Waals surface area (Å²) < 4.78 is 0. The number of hydrogen-bond donors (Lipinski definition) is 1. The molecule has 3 nitrogen and oxygen atoms in total. The van der Waals surface area contributed by atoms with Crippen LogP contribution in [0.5, 0.6) is 0 Å². The summed E-state index contributed by atoms with van der Waals surface area (Å²) in [6, 6.07) is 17.1. The molecule has 0 unspecified atom stereocenters. The number of H-pyrrole nitrogens is 1. The van der Waals surface area contributed by atoms with Gasteiger partial charge in [-0.1, -0.05) is 59.3 Å². The van der Waals surface area contributed by atoms with Crippen molar-refractivity contribution in [3.8, 4) is 11.1 Å². The van der Waals surface area contributed by atoms with Gasteiger partial charge in [0.2, 0.25) is 0 Å². The lowest BCUT2D eigenvalue weighted by molar-refractivity contribution is 0.940. The predicted molar refractivity (Wildman–Crippen MR) is 77.7 cm³/mol. The van der Waals surface area contributed by atoms with E-state index in [1.165, 1.54) is 22.3 Å². The van der Waals surface area contributed by atoms with Crippen LogP contribution >= 0.6 is 0 Å². The molecular weight excluding hydrogens is 234 g/mol. The first kappa shape index (κ1) is 13.0. The predicted octanol–water partition coefficient (Wildman–Crippen LogP) is 3.78. The number of benzene rings is 2. The van der Waals surface area contributed by atoms with Crippen molar-refractivity contribution >= 4 is 0 Å². The third-order valence-electron chi connectivity index (χ3n) is 2.80. The van der Waals surface area contributed by atoms with Crippen LogP contribution in [0.1, 0.15) is 11.1 Å². The molecule has 3 heteroatoms. The number of aromatic nitrogens is 3. The first-order valence-corrected chi connectivity index (χ1v) is 6.20. The quantitative estimate of drug-likeness (QED) is 0.715. The maximum absolute atomic E-state index is 3.42. The highest BCUT2D eigenvalue weighted by molar-refractivity contribution is 5.67. The number of rotatable bonds is 1. The Bertz CT molecular complexity index is 584. The van der Waals surface area contributed by atoms with Gasteiger partial charge in [0.05, 0.1) is 6.20 Å². The SMILES string of the molecule is Cc1ccc(-c2ccccc2)c(C)c1.c1c[nH]nn1. The maximum atomic E-state index is 3.42. The van der Waals surface area contributed by atoms with Crippen LogP contribution in [0.15, 0.2) is 60.9 Å². The van der Waals surface area contributed by atoms with Crippen molar-refractivity contribution in [1.29, 1.82) is 0 Å². The van der Waals surface area contributed by atoms with Gasteiger partial charge in [-0.25, -0.2) is 0 Å². The molecule has 0 spiro atoms. The van der Waals surface area contributed by atoms with Gasteiger partial charge in [0.25, 0.3) is 0 Å². The fraction of sp³-hybridized carbons (Fsp3) is 0.125. The molecule has 0 saturated carbocycles. The van der Waals surface area contributed by atoms with Gasteiger partial charge in [0.15, 0.2) is 0 Å². The van der Waals surface area contributed by atoms with Crippen molar-refractivity contribution in [2.24, 2.45) is 0 Å². The molecular formula is C16H17N3. The molecule has 0 amide bonds. The fourth-order valence-electron chi connectivity index (χ4n) is 1.92. The summed E-state index contributed by atoms with van der Waals surface area (Å²) in [7, 11) is 0. The normalized spacial score (nSPS) is 9.58. The smallest absolute Gasteiger partial charge is 0.0690 e. The molecule has 3 rings (SSSR count). The average Bonchev–Trinajstić information content (AvgIpc) is 2.99. The summed E-state index contributed by atoms with van der Waals surface area (Å²) in [4.78, 5) is 0.